The SMILES string of the molecule is CCCCc1oc2ccccc2c1/C=C/C(=O)N(C)c1c(N)n(CCCC)c(=O)[nH]c1=O. The van der Waals surface area contributed by atoms with Gasteiger partial charge in [0, 0.05) is 37.0 Å². The Morgan fingerprint density at radius 2 is 1.91 bits per heavy atom. The summed E-state index contributed by atoms with van der Waals surface area (Å²) in [6.07, 6.45) is 7.46. The van der Waals surface area contributed by atoms with Gasteiger partial charge >= 0.3 is 5.69 Å². The molecule has 2 aromatic heterocycles. The van der Waals surface area contributed by atoms with Gasteiger partial charge in [-0.2, -0.15) is 0 Å². The molecule has 0 fully saturated rings. The molecule has 3 aromatic rings. The summed E-state index contributed by atoms with van der Waals surface area (Å²) in [4.78, 5) is 40.9. The third-order valence-corrected chi connectivity index (χ3v) is 5.48. The highest BCUT2D eigenvalue weighted by Gasteiger charge is 2.20. The minimum absolute atomic E-state index is 0.0196. The van der Waals surface area contributed by atoms with Crippen LogP contribution < -0.4 is 21.9 Å². The highest BCUT2D eigenvalue weighted by Crippen LogP contribution is 2.28. The maximum Gasteiger partial charge on any atom is 0.330 e. The van der Waals surface area contributed by atoms with Crippen molar-refractivity contribution in [3.8, 4) is 0 Å². The molecule has 0 saturated heterocycles. The number of nitrogen functional groups attached to an aromatic ring is 1. The number of furan rings is 1. The standard InChI is InChI=1S/C24H30N4O4/c1-4-6-11-18-17(16-10-8-9-12-19(16)32-18)13-14-20(29)27(3)21-22(25)28(15-7-5-2)24(31)26-23(21)30/h8-10,12-14H,4-7,11,15,25H2,1-3H3,(H,26,30,31)/b14-13+. The van der Waals surface area contributed by atoms with Gasteiger partial charge in [-0.25, -0.2) is 4.79 Å². The molecule has 0 bridgehead atoms. The molecule has 0 unspecified atom stereocenters. The molecule has 3 rings (SSSR count). The Hall–Kier alpha value is -3.55. The van der Waals surface area contributed by atoms with Crippen LogP contribution in [0.2, 0.25) is 0 Å². The molecule has 170 valence electrons. The Bertz CT molecular complexity index is 1250. The highest BCUT2D eigenvalue weighted by molar-refractivity contribution is 6.05. The van der Waals surface area contributed by atoms with Crippen molar-refractivity contribution in [1.29, 1.82) is 0 Å². The van der Waals surface area contributed by atoms with Gasteiger partial charge in [-0.3, -0.25) is 19.1 Å². The summed E-state index contributed by atoms with van der Waals surface area (Å²) in [7, 11) is 1.47. The smallest absolute Gasteiger partial charge is 0.330 e. The van der Waals surface area contributed by atoms with Gasteiger partial charge in [0.25, 0.3) is 11.5 Å². The Morgan fingerprint density at radius 3 is 2.62 bits per heavy atom. The minimum Gasteiger partial charge on any atom is -0.460 e. The van der Waals surface area contributed by atoms with Gasteiger partial charge in [-0.05, 0) is 25.0 Å². The van der Waals surface area contributed by atoms with Crippen molar-refractivity contribution in [2.75, 3.05) is 17.7 Å². The molecular formula is C24H30N4O4. The average Bonchev–Trinajstić information content (AvgIpc) is 3.12. The molecule has 8 heteroatoms. The number of nitrogens with two attached hydrogens (primary N) is 1. The average molecular weight is 439 g/mol. The fourth-order valence-electron chi connectivity index (χ4n) is 3.64. The Kier molecular flexibility index (Phi) is 7.35. The molecule has 0 radical (unpaired) electrons. The summed E-state index contributed by atoms with van der Waals surface area (Å²) in [6.45, 7) is 4.46. The van der Waals surface area contributed by atoms with E-state index in [9.17, 15) is 14.4 Å². The van der Waals surface area contributed by atoms with Crippen LogP contribution in [0.15, 0.2) is 44.3 Å². The van der Waals surface area contributed by atoms with Crippen molar-refractivity contribution in [2.45, 2.75) is 52.5 Å². The van der Waals surface area contributed by atoms with Crippen molar-refractivity contribution in [2.24, 2.45) is 0 Å². The van der Waals surface area contributed by atoms with Gasteiger partial charge in [-0.1, -0.05) is 44.9 Å². The van der Waals surface area contributed by atoms with Crippen LogP contribution in [0.25, 0.3) is 17.0 Å². The second-order valence-electron chi connectivity index (χ2n) is 7.77. The van der Waals surface area contributed by atoms with Crippen molar-refractivity contribution < 1.29 is 9.21 Å². The van der Waals surface area contributed by atoms with Gasteiger partial charge < -0.3 is 15.1 Å². The topological polar surface area (TPSA) is 114 Å². The largest absolute Gasteiger partial charge is 0.460 e. The van der Waals surface area contributed by atoms with Crippen LogP contribution >= 0.6 is 0 Å². The lowest BCUT2D eigenvalue weighted by Gasteiger charge is -2.19. The van der Waals surface area contributed by atoms with Crippen LogP contribution in [-0.2, 0) is 17.8 Å². The van der Waals surface area contributed by atoms with E-state index >= 15 is 0 Å². The lowest BCUT2D eigenvalue weighted by molar-refractivity contribution is -0.113. The predicted octanol–water partition coefficient (Wildman–Crippen LogP) is 3.68. The number of unbranched alkanes of at least 4 members (excludes halogenated alkanes) is 2. The van der Waals surface area contributed by atoms with Gasteiger partial charge in [-0.15, -0.1) is 0 Å². The zero-order chi connectivity index (χ0) is 23.3. The van der Waals surface area contributed by atoms with E-state index < -0.39 is 17.2 Å². The molecule has 8 nitrogen and oxygen atoms in total. The van der Waals surface area contributed by atoms with Gasteiger partial charge in [0.15, 0.2) is 5.69 Å². The number of nitrogens with zero attached hydrogens (tertiary/aromatic N) is 2. The maximum absolute atomic E-state index is 12.9. The number of para-hydroxylation sites is 1. The second-order valence-corrected chi connectivity index (χ2v) is 7.77. The van der Waals surface area contributed by atoms with Gasteiger partial charge in [0.2, 0.25) is 0 Å². The molecule has 0 aliphatic heterocycles. The molecule has 0 aliphatic rings. The molecule has 32 heavy (non-hydrogen) atoms. The number of aryl methyl sites for hydroxylation is 1. The summed E-state index contributed by atoms with van der Waals surface area (Å²) in [5.74, 6) is 0.369. The van der Waals surface area contributed by atoms with E-state index in [4.69, 9.17) is 10.2 Å². The zero-order valence-electron chi connectivity index (χ0n) is 18.8. The molecular weight excluding hydrogens is 408 g/mol. The quantitative estimate of drug-likeness (QED) is 0.495. The number of fused-ring (bicyclic) bond motifs is 1. The Balaban J connectivity index is 1.95. The number of nitrogens with one attached hydrogen (secondary N) is 1. The normalized spacial score (nSPS) is 11.5. The van der Waals surface area contributed by atoms with E-state index in [1.165, 1.54) is 22.6 Å². The Morgan fingerprint density at radius 1 is 1.19 bits per heavy atom. The summed E-state index contributed by atoms with van der Waals surface area (Å²) in [6, 6.07) is 7.68. The van der Waals surface area contributed by atoms with E-state index in [1.54, 1.807) is 6.08 Å². The number of hydrogen-bond donors (Lipinski definition) is 2. The maximum atomic E-state index is 12.9. The van der Waals surface area contributed by atoms with E-state index in [0.29, 0.717) is 6.54 Å². The molecule has 0 saturated carbocycles. The van der Waals surface area contributed by atoms with Crippen molar-refractivity contribution in [3.05, 3.63) is 62.5 Å². The number of H-pyrrole nitrogens is 1. The first-order chi connectivity index (χ1) is 15.4. The monoisotopic (exact) mass is 438 g/mol. The van der Waals surface area contributed by atoms with Crippen molar-refractivity contribution in [1.82, 2.24) is 9.55 Å². The summed E-state index contributed by atoms with van der Waals surface area (Å²) < 4.78 is 7.29. The second kappa shape index (κ2) is 10.2. The van der Waals surface area contributed by atoms with Crippen LogP contribution in [0, 0.1) is 0 Å². The molecule has 0 atom stereocenters. The molecule has 0 spiro atoms. The number of aromatic amines is 1. The predicted molar refractivity (Wildman–Crippen MR) is 128 cm³/mol. The number of carbonyl (C=O) groups excluding carboxylic acids is 1. The van der Waals surface area contributed by atoms with Crippen molar-refractivity contribution in [3.63, 3.8) is 0 Å². The summed E-state index contributed by atoms with van der Waals surface area (Å²) >= 11 is 0. The van der Waals surface area contributed by atoms with Crippen LogP contribution in [0.1, 0.15) is 50.9 Å². The highest BCUT2D eigenvalue weighted by atomic mass is 16.3. The zero-order valence-corrected chi connectivity index (χ0v) is 18.8. The number of anilines is 2. The number of amides is 1. The molecule has 0 aliphatic carbocycles. The number of aromatic nitrogens is 2. The molecule has 1 amide bonds. The summed E-state index contributed by atoms with van der Waals surface area (Å²) in [5.41, 5.74) is 6.42. The number of likely N-dealkylation sites (N-methyl/N-ethyl adjacent to an activating group) is 1. The van der Waals surface area contributed by atoms with Crippen LogP contribution in [0.4, 0.5) is 11.5 Å². The number of rotatable bonds is 9. The van der Waals surface area contributed by atoms with E-state index in [2.05, 4.69) is 11.9 Å². The molecule has 1 aromatic carbocycles. The molecule has 2 heterocycles. The lowest BCUT2D eigenvalue weighted by Crippen LogP contribution is -2.38. The molecule has 3 N–H and O–H groups in total. The van der Waals surface area contributed by atoms with Gasteiger partial charge in [0.1, 0.15) is 17.2 Å². The Labute approximate surface area is 186 Å². The van der Waals surface area contributed by atoms with Gasteiger partial charge in [0.05, 0.1) is 0 Å². The first-order valence-electron chi connectivity index (χ1n) is 11.0. The number of carbonyl (C=O) groups is 1. The first-order valence-corrected chi connectivity index (χ1v) is 11.0. The fourth-order valence-corrected chi connectivity index (χ4v) is 3.64. The van der Waals surface area contributed by atoms with Crippen LogP contribution in [0.5, 0.6) is 0 Å². The summed E-state index contributed by atoms with van der Waals surface area (Å²) in [5, 5.41) is 0.927. The van der Waals surface area contributed by atoms with E-state index in [1.807, 2.05) is 31.2 Å². The number of benzene rings is 1. The fraction of sp³-hybridized carbons (Fsp3) is 0.375. The van der Waals surface area contributed by atoms with E-state index in [0.717, 1.165) is 54.4 Å². The first kappa shape index (κ1) is 23.1. The third-order valence-electron chi connectivity index (χ3n) is 5.48. The van der Waals surface area contributed by atoms with Crippen LogP contribution in [-0.4, -0.2) is 22.5 Å². The van der Waals surface area contributed by atoms with Crippen LogP contribution in [0.3, 0.4) is 0 Å². The number of hydrogen-bond acceptors (Lipinski definition) is 5. The third kappa shape index (κ3) is 4.69. The lowest BCUT2D eigenvalue weighted by atomic mass is 10.1. The van der Waals surface area contributed by atoms with E-state index in [-0.39, 0.29) is 11.5 Å². The minimum atomic E-state index is -0.693. The van der Waals surface area contributed by atoms with Crippen molar-refractivity contribution >= 4 is 34.5 Å².